The van der Waals surface area contributed by atoms with Crippen LogP contribution in [0.25, 0.3) is 33.0 Å². The van der Waals surface area contributed by atoms with Gasteiger partial charge < -0.3 is 4.57 Å². The second-order valence-corrected chi connectivity index (χ2v) is 16.0. The predicted molar refractivity (Wildman–Crippen MR) is 139 cm³/mol. The summed E-state index contributed by atoms with van der Waals surface area (Å²) in [6.45, 7) is 6.87. The summed E-state index contributed by atoms with van der Waals surface area (Å²) in [5, 5.41) is 4.73. The Morgan fingerprint density at radius 1 is 0.533 bits per heavy atom. The molecule has 4 rings (SSSR count). The van der Waals surface area contributed by atoms with Crippen LogP contribution in [0, 0.1) is 0 Å². The van der Waals surface area contributed by atoms with Gasteiger partial charge in [0.2, 0.25) is 0 Å². The fourth-order valence-corrected chi connectivity index (χ4v) is 5.50. The molecule has 30 heavy (non-hydrogen) atoms. The van der Waals surface area contributed by atoms with E-state index in [1.807, 2.05) is 25.5 Å². The van der Waals surface area contributed by atoms with Gasteiger partial charge in [-0.1, -0.05) is 86.0 Å². The highest BCUT2D eigenvalue weighted by Gasteiger charge is 2.11. The first-order chi connectivity index (χ1) is 14.1. The highest BCUT2D eigenvalue weighted by Crippen LogP contribution is 2.36. The summed E-state index contributed by atoms with van der Waals surface area (Å²) in [5.41, 5.74) is 4.79. The molecule has 3 heteroatoms. The highest BCUT2D eigenvalue weighted by atomic mass is 31.2. The van der Waals surface area contributed by atoms with Crippen molar-refractivity contribution in [3.63, 3.8) is 0 Å². The summed E-state index contributed by atoms with van der Waals surface area (Å²) in [5.74, 6) is 0. The Hall–Kier alpha value is -2.33. The maximum Gasteiger partial charge on any atom is 0.109 e. The molecular formula is C27H28OP2. The van der Waals surface area contributed by atoms with Crippen molar-refractivity contribution in [1.82, 2.24) is 0 Å². The first-order valence-electron chi connectivity index (χ1n) is 10.1. The molecule has 0 aliphatic rings. The van der Waals surface area contributed by atoms with E-state index in [9.17, 15) is 4.57 Å². The molecule has 0 saturated heterocycles. The van der Waals surface area contributed by atoms with Crippen molar-refractivity contribution in [2.45, 2.75) is 0 Å². The van der Waals surface area contributed by atoms with Gasteiger partial charge in [-0.15, -0.1) is 0 Å². The van der Waals surface area contributed by atoms with Gasteiger partial charge in [0.15, 0.2) is 0 Å². The molecule has 0 atom stereocenters. The van der Waals surface area contributed by atoms with Crippen LogP contribution in [0.3, 0.4) is 0 Å². The van der Waals surface area contributed by atoms with Crippen molar-refractivity contribution >= 4 is 41.7 Å². The van der Waals surface area contributed by atoms with Crippen LogP contribution in [0.1, 0.15) is 0 Å². The van der Waals surface area contributed by atoms with Crippen LogP contribution in [-0.2, 0) is 4.57 Å². The number of hydrogen-bond acceptors (Lipinski definition) is 1. The summed E-state index contributed by atoms with van der Waals surface area (Å²) < 4.78 is 12.3. The lowest BCUT2D eigenvalue weighted by molar-refractivity contribution is 0.588. The Morgan fingerprint density at radius 3 is 1.27 bits per heavy atom. The molecule has 0 unspecified atom stereocenters. The van der Waals surface area contributed by atoms with E-state index >= 15 is 0 Å². The zero-order chi connectivity index (χ0) is 21.5. The van der Waals surface area contributed by atoms with Crippen molar-refractivity contribution in [2.75, 3.05) is 26.7 Å². The van der Waals surface area contributed by atoms with E-state index in [-0.39, 0.29) is 0 Å². The molecule has 4 aromatic rings. The van der Waals surface area contributed by atoms with E-state index in [4.69, 9.17) is 0 Å². The molecule has 0 fully saturated rings. The zero-order valence-corrected chi connectivity index (χ0v) is 19.9. The van der Waals surface area contributed by atoms with Crippen LogP contribution in [0.5, 0.6) is 0 Å². The van der Waals surface area contributed by atoms with Gasteiger partial charge in [-0.3, -0.25) is 0 Å². The molecule has 0 aliphatic heterocycles. The zero-order valence-electron chi connectivity index (χ0n) is 18.1. The topological polar surface area (TPSA) is 17.1 Å². The molecule has 0 radical (unpaired) electrons. The lowest BCUT2D eigenvalue weighted by Crippen LogP contribution is -2.01. The Balaban J connectivity index is 1.66. The number of fused-ring (bicyclic) bond motifs is 1. The summed E-state index contributed by atoms with van der Waals surface area (Å²) >= 11 is 0. The minimum Gasteiger partial charge on any atom is -0.319 e. The van der Waals surface area contributed by atoms with Gasteiger partial charge >= 0.3 is 0 Å². The molecule has 0 N–H and O–H groups in total. The van der Waals surface area contributed by atoms with Gasteiger partial charge in [0, 0.05) is 5.30 Å². The van der Waals surface area contributed by atoms with E-state index in [0.717, 1.165) is 10.9 Å². The van der Waals surface area contributed by atoms with E-state index in [1.54, 1.807) is 0 Å². The smallest absolute Gasteiger partial charge is 0.109 e. The van der Waals surface area contributed by atoms with E-state index in [2.05, 4.69) is 92.4 Å². The monoisotopic (exact) mass is 430 g/mol. The molecule has 4 aromatic carbocycles. The van der Waals surface area contributed by atoms with Crippen LogP contribution < -0.4 is 10.6 Å². The van der Waals surface area contributed by atoms with Crippen LogP contribution in [-0.4, -0.2) is 33.0 Å². The third-order valence-corrected chi connectivity index (χ3v) is 8.80. The Kier molecular flexibility index (Phi) is 5.39. The summed E-state index contributed by atoms with van der Waals surface area (Å²) in [6.07, 6.45) is 4.33. The van der Waals surface area contributed by atoms with Gasteiger partial charge in [0.1, 0.15) is 7.14 Å². The fraction of sp³-hybridized carbons (Fsp3) is 0.148. The lowest BCUT2D eigenvalue weighted by Gasteiger charge is -2.14. The number of hydrogen-bond donors (Lipinski definition) is 0. The third kappa shape index (κ3) is 4.39. The molecule has 0 amide bonds. The summed E-state index contributed by atoms with van der Waals surface area (Å²) in [6, 6.07) is 30.2. The molecule has 0 heterocycles. The normalized spacial score (nSPS) is 12.3. The van der Waals surface area contributed by atoms with Gasteiger partial charge in [0.05, 0.1) is 0 Å². The summed E-state index contributed by atoms with van der Waals surface area (Å²) in [4.78, 5) is 0. The van der Waals surface area contributed by atoms with Gasteiger partial charge in [-0.05, 0) is 77.1 Å². The highest BCUT2D eigenvalue weighted by molar-refractivity contribution is 7.79. The maximum atomic E-state index is 12.3. The van der Waals surface area contributed by atoms with Crippen molar-refractivity contribution in [2.24, 2.45) is 0 Å². The minimum atomic E-state index is -2.22. The first kappa shape index (κ1) is 20.9. The summed E-state index contributed by atoms with van der Waals surface area (Å²) in [7, 11) is -2.22. The van der Waals surface area contributed by atoms with Gasteiger partial charge in [-0.2, -0.15) is 0 Å². The minimum absolute atomic E-state index is 0.923. The Bertz CT molecular complexity index is 1200. The van der Waals surface area contributed by atoms with Gasteiger partial charge in [-0.25, -0.2) is 0 Å². The van der Waals surface area contributed by atoms with Crippen LogP contribution in [0.2, 0.25) is 0 Å². The largest absolute Gasteiger partial charge is 0.319 e. The van der Waals surface area contributed by atoms with Crippen molar-refractivity contribution in [1.29, 1.82) is 0 Å². The second-order valence-electron chi connectivity index (χ2n) is 8.91. The molecule has 0 aromatic heterocycles. The van der Waals surface area contributed by atoms with Crippen LogP contribution in [0.4, 0.5) is 0 Å². The van der Waals surface area contributed by atoms with Crippen molar-refractivity contribution in [3.8, 4) is 22.3 Å². The standard InChI is InChI=1S/C27H28OP2/c1-29(2,3)26-14-10-20(11-15-26)22-6-8-25-19-23(7-9-24(25)18-22)21-12-16-27(17-13-21)30(4,5)28/h6-19H,1H2,2-5H3. The average Bonchev–Trinajstić information content (AvgIpc) is 2.72. The lowest BCUT2D eigenvalue weighted by atomic mass is 9.98. The first-order valence-corrected chi connectivity index (χ1v) is 15.6. The number of benzene rings is 4. The molecular weight excluding hydrogens is 402 g/mol. The molecule has 0 aliphatic carbocycles. The van der Waals surface area contributed by atoms with E-state index in [1.165, 1.54) is 32.8 Å². The Morgan fingerprint density at radius 2 is 0.900 bits per heavy atom. The Labute approximate surface area is 180 Å². The second kappa shape index (κ2) is 7.73. The van der Waals surface area contributed by atoms with E-state index < -0.39 is 14.0 Å². The predicted octanol–water partition coefficient (Wildman–Crippen LogP) is 6.76. The quantitative estimate of drug-likeness (QED) is 0.327. The molecule has 0 bridgehead atoms. The maximum absolute atomic E-state index is 12.3. The molecule has 0 saturated carbocycles. The molecule has 1 nitrogen and oxygen atoms in total. The molecule has 0 spiro atoms. The average molecular weight is 430 g/mol. The van der Waals surface area contributed by atoms with Crippen molar-refractivity contribution < 1.29 is 4.57 Å². The fourth-order valence-electron chi connectivity index (χ4n) is 3.68. The van der Waals surface area contributed by atoms with Gasteiger partial charge in [0.25, 0.3) is 0 Å². The number of rotatable bonds is 4. The van der Waals surface area contributed by atoms with E-state index in [0.29, 0.717) is 0 Å². The molecule has 152 valence electrons. The van der Waals surface area contributed by atoms with Crippen LogP contribution >= 0.6 is 14.0 Å². The van der Waals surface area contributed by atoms with Crippen molar-refractivity contribution in [3.05, 3.63) is 84.9 Å². The van der Waals surface area contributed by atoms with Crippen LogP contribution in [0.15, 0.2) is 84.9 Å². The third-order valence-electron chi connectivity index (χ3n) is 5.56. The SMILES string of the molecule is C=P(C)(C)c1ccc(-c2ccc3cc(-c4ccc(P(C)(C)=O)cc4)ccc3c2)cc1.